The first kappa shape index (κ1) is 23.0. The number of aryl methyl sites for hydroxylation is 1. The summed E-state index contributed by atoms with van der Waals surface area (Å²) in [6, 6.07) is 8.96. The summed E-state index contributed by atoms with van der Waals surface area (Å²) < 4.78 is 1.99. The average molecular weight is 558 g/mol. The van der Waals surface area contributed by atoms with Gasteiger partial charge in [-0.3, -0.25) is 0 Å². The monoisotopic (exact) mass is 557 g/mol. The molecule has 1 fully saturated rings. The normalized spacial score (nSPS) is 15.1. The van der Waals surface area contributed by atoms with Crippen LogP contribution in [0.4, 0.5) is 5.00 Å². The summed E-state index contributed by atoms with van der Waals surface area (Å²) in [5.74, 6) is 2.61. The van der Waals surface area contributed by atoms with Crippen molar-refractivity contribution in [2.24, 2.45) is 12.0 Å². The zero-order valence-corrected chi connectivity index (χ0v) is 21.2. The Balaban J connectivity index is 0.00000256. The second kappa shape index (κ2) is 11.1. The van der Waals surface area contributed by atoms with E-state index in [4.69, 9.17) is 4.99 Å². The largest absolute Gasteiger partial charge is 0.363 e. The lowest BCUT2D eigenvalue weighted by Crippen LogP contribution is -2.48. The zero-order chi connectivity index (χ0) is 20.1. The van der Waals surface area contributed by atoms with Crippen LogP contribution in [-0.4, -0.2) is 39.9 Å². The minimum absolute atomic E-state index is 0. The first-order valence-corrected chi connectivity index (χ1v) is 11.7. The van der Waals surface area contributed by atoms with E-state index in [1.807, 2.05) is 29.9 Å². The quantitative estimate of drug-likeness (QED) is 0.275. The minimum Gasteiger partial charge on any atom is -0.363 e. The van der Waals surface area contributed by atoms with Crippen LogP contribution in [-0.2, 0) is 20.1 Å². The first-order valence-electron chi connectivity index (χ1n) is 9.89. The second-order valence-electron chi connectivity index (χ2n) is 7.18. The molecule has 0 saturated carbocycles. The van der Waals surface area contributed by atoms with E-state index in [1.54, 1.807) is 11.3 Å². The smallest absolute Gasteiger partial charge is 0.192 e. The summed E-state index contributed by atoms with van der Waals surface area (Å²) >= 11 is 3.57. The zero-order valence-electron chi connectivity index (χ0n) is 17.2. The maximum Gasteiger partial charge on any atom is 0.192 e. The molecule has 4 heterocycles. The van der Waals surface area contributed by atoms with Gasteiger partial charge in [0.2, 0.25) is 0 Å². The molecule has 0 unspecified atom stereocenters. The fourth-order valence-electron chi connectivity index (χ4n) is 3.36. The van der Waals surface area contributed by atoms with Crippen LogP contribution in [0.3, 0.4) is 0 Å². The lowest BCUT2D eigenvalue weighted by molar-refractivity contribution is 0.462. The van der Waals surface area contributed by atoms with Crippen LogP contribution >= 0.6 is 46.7 Å². The van der Waals surface area contributed by atoms with Gasteiger partial charge in [0.05, 0.1) is 11.5 Å². The molecule has 1 aliphatic rings. The molecule has 3 aromatic rings. The van der Waals surface area contributed by atoms with Gasteiger partial charge < -0.3 is 20.1 Å². The van der Waals surface area contributed by atoms with Gasteiger partial charge in [0.1, 0.15) is 12.4 Å². The van der Waals surface area contributed by atoms with Gasteiger partial charge >= 0.3 is 0 Å². The molecule has 7 nitrogen and oxygen atoms in total. The summed E-state index contributed by atoms with van der Waals surface area (Å²) in [6.45, 7) is 5.37. The molecular weight excluding hydrogens is 529 g/mol. The SMILES string of the molecule is Cc1nnc(CN=C(NCc2cccs2)NC2CCN(c3cccs3)CC2)n1C.I. The summed E-state index contributed by atoms with van der Waals surface area (Å²) in [6.07, 6.45) is 2.20. The third-order valence-electron chi connectivity index (χ3n) is 5.23. The summed E-state index contributed by atoms with van der Waals surface area (Å²) in [4.78, 5) is 8.56. The first-order chi connectivity index (χ1) is 14.2. The van der Waals surface area contributed by atoms with E-state index in [0.29, 0.717) is 12.6 Å². The molecular formula is C20H28IN7S2. The molecule has 3 aromatic heterocycles. The van der Waals surface area contributed by atoms with Crippen molar-refractivity contribution < 1.29 is 0 Å². The lowest BCUT2D eigenvalue weighted by atomic mass is 10.1. The third-order valence-corrected chi connectivity index (χ3v) is 7.03. The van der Waals surface area contributed by atoms with Crippen LogP contribution in [0.25, 0.3) is 0 Å². The second-order valence-corrected chi connectivity index (χ2v) is 9.14. The number of guanidine groups is 1. The molecule has 30 heavy (non-hydrogen) atoms. The van der Waals surface area contributed by atoms with Crippen LogP contribution in [0.5, 0.6) is 0 Å². The van der Waals surface area contributed by atoms with Gasteiger partial charge in [0.25, 0.3) is 0 Å². The van der Waals surface area contributed by atoms with Gasteiger partial charge in [-0.25, -0.2) is 4.99 Å². The molecule has 0 atom stereocenters. The third kappa shape index (κ3) is 5.94. The van der Waals surface area contributed by atoms with Gasteiger partial charge in [-0.1, -0.05) is 6.07 Å². The number of hydrogen-bond donors (Lipinski definition) is 2. The predicted molar refractivity (Wildman–Crippen MR) is 136 cm³/mol. The van der Waals surface area contributed by atoms with E-state index >= 15 is 0 Å². The molecule has 4 rings (SSSR count). The number of thiophene rings is 2. The Kier molecular flexibility index (Phi) is 8.51. The minimum atomic E-state index is 0. The van der Waals surface area contributed by atoms with Crippen molar-refractivity contribution in [3.63, 3.8) is 0 Å². The van der Waals surface area contributed by atoms with Gasteiger partial charge in [0.15, 0.2) is 11.8 Å². The van der Waals surface area contributed by atoms with E-state index in [2.05, 4.69) is 60.8 Å². The van der Waals surface area contributed by atoms with Crippen LogP contribution < -0.4 is 15.5 Å². The number of aromatic nitrogens is 3. The van der Waals surface area contributed by atoms with E-state index in [1.165, 1.54) is 9.88 Å². The number of anilines is 1. The van der Waals surface area contributed by atoms with E-state index < -0.39 is 0 Å². The number of nitrogens with zero attached hydrogens (tertiary/aromatic N) is 5. The van der Waals surface area contributed by atoms with Crippen LogP contribution in [0.15, 0.2) is 40.0 Å². The van der Waals surface area contributed by atoms with Crippen LogP contribution in [0.2, 0.25) is 0 Å². The Hall–Kier alpha value is -1.66. The van der Waals surface area contributed by atoms with Crippen molar-refractivity contribution in [1.29, 1.82) is 0 Å². The average Bonchev–Trinajstić information content (AvgIpc) is 3.50. The van der Waals surface area contributed by atoms with Crippen molar-refractivity contribution in [2.45, 2.75) is 38.9 Å². The number of aliphatic imine (C=N–C) groups is 1. The molecule has 0 bridgehead atoms. The highest BCUT2D eigenvalue weighted by molar-refractivity contribution is 14.0. The van der Waals surface area contributed by atoms with Crippen molar-refractivity contribution in [3.8, 4) is 0 Å². The highest BCUT2D eigenvalue weighted by Crippen LogP contribution is 2.24. The number of nitrogens with one attached hydrogen (secondary N) is 2. The maximum atomic E-state index is 4.79. The lowest BCUT2D eigenvalue weighted by Gasteiger charge is -2.33. The standard InChI is InChI=1S/C20H27N7S2.HI/c1-15-24-25-18(26(15)2)14-22-20(21-13-17-5-3-11-28-17)23-16-7-9-27(10-8-16)19-6-4-12-29-19;/h3-6,11-12,16H,7-10,13-14H2,1-2H3,(H2,21,22,23);1H. The number of halogens is 1. The Morgan fingerprint density at radius 1 is 1.17 bits per heavy atom. The molecule has 1 saturated heterocycles. The summed E-state index contributed by atoms with van der Waals surface area (Å²) in [7, 11) is 1.98. The maximum absolute atomic E-state index is 4.79. The molecule has 162 valence electrons. The molecule has 2 N–H and O–H groups in total. The molecule has 0 radical (unpaired) electrons. The Labute approximate surface area is 202 Å². The van der Waals surface area contributed by atoms with Gasteiger partial charge in [-0.2, -0.15) is 0 Å². The van der Waals surface area contributed by atoms with Gasteiger partial charge in [-0.15, -0.1) is 56.8 Å². The Morgan fingerprint density at radius 2 is 1.93 bits per heavy atom. The van der Waals surface area contributed by atoms with E-state index in [0.717, 1.165) is 50.1 Å². The molecule has 1 aliphatic heterocycles. The Bertz CT molecular complexity index is 913. The summed E-state index contributed by atoms with van der Waals surface area (Å²) in [5, 5.41) is 21.1. The molecule has 0 spiro atoms. The fourth-order valence-corrected chi connectivity index (χ4v) is 4.79. The molecule has 0 aliphatic carbocycles. The van der Waals surface area contributed by atoms with Gasteiger partial charge in [-0.05, 0) is 48.7 Å². The highest BCUT2D eigenvalue weighted by Gasteiger charge is 2.21. The topological polar surface area (TPSA) is 70.4 Å². The van der Waals surface area contributed by atoms with Crippen molar-refractivity contribution in [2.75, 3.05) is 18.0 Å². The van der Waals surface area contributed by atoms with Crippen LogP contribution in [0.1, 0.15) is 29.4 Å². The van der Waals surface area contributed by atoms with Gasteiger partial charge in [0, 0.05) is 31.1 Å². The number of rotatable bonds is 6. The predicted octanol–water partition coefficient (Wildman–Crippen LogP) is 3.77. The van der Waals surface area contributed by atoms with E-state index in [9.17, 15) is 0 Å². The molecule has 0 amide bonds. The van der Waals surface area contributed by atoms with Crippen molar-refractivity contribution in [1.82, 2.24) is 25.4 Å². The molecule has 10 heteroatoms. The number of piperidine rings is 1. The number of hydrogen-bond acceptors (Lipinski definition) is 6. The highest BCUT2D eigenvalue weighted by atomic mass is 127. The Morgan fingerprint density at radius 3 is 2.57 bits per heavy atom. The van der Waals surface area contributed by atoms with Crippen LogP contribution in [0, 0.1) is 6.92 Å². The van der Waals surface area contributed by atoms with Crippen molar-refractivity contribution >= 4 is 57.6 Å². The van der Waals surface area contributed by atoms with Crippen molar-refractivity contribution in [3.05, 3.63) is 51.6 Å². The molecule has 0 aromatic carbocycles. The van der Waals surface area contributed by atoms with E-state index in [-0.39, 0.29) is 24.0 Å². The summed E-state index contributed by atoms with van der Waals surface area (Å²) in [5.41, 5.74) is 0. The fraction of sp³-hybridized carbons (Fsp3) is 0.450.